The Balaban J connectivity index is 1.95. The molecular weight excluding hydrogens is 276 g/mol. The molecule has 0 aliphatic carbocycles. The summed E-state index contributed by atoms with van der Waals surface area (Å²) in [5.74, 6) is -0.218. The molecule has 18 heavy (non-hydrogen) atoms. The van der Waals surface area contributed by atoms with E-state index < -0.39 is 10.0 Å². The van der Waals surface area contributed by atoms with Crippen LogP contribution < -0.4 is 5.32 Å². The number of nitrogens with one attached hydrogen (secondary N) is 1. The van der Waals surface area contributed by atoms with E-state index in [1.54, 1.807) is 24.3 Å². The highest BCUT2D eigenvalue weighted by atomic mass is 35.5. The van der Waals surface area contributed by atoms with Crippen LogP contribution in [0.5, 0.6) is 0 Å². The fourth-order valence-electron chi connectivity index (χ4n) is 1.76. The maximum absolute atomic E-state index is 11.7. The van der Waals surface area contributed by atoms with E-state index in [2.05, 4.69) is 5.32 Å². The van der Waals surface area contributed by atoms with E-state index in [-0.39, 0.29) is 18.2 Å². The Morgan fingerprint density at radius 3 is 2.56 bits per heavy atom. The van der Waals surface area contributed by atoms with Crippen LogP contribution in [-0.4, -0.2) is 37.5 Å². The van der Waals surface area contributed by atoms with Crippen molar-refractivity contribution in [2.24, 2.45) is 0 Å². The molecule has 1 fully saturated rings. The molecule has 98 valence electrons. The minimum Gasteiger partial charge on any atom is -0.325 e. The molecule has 1 saturated heterocycles. The molecule has 1 aliphatic heterocycles. The van der Waals surface area contributed by atoms with E-state index in [1.807, 2.05) is 0 Å². The lowest BCUT2D eigenvalue weighted by molar-refractivity contribution is -0.116. The first-order chi connectivity index (χ1) is 8.47. The van der Waals surface area contributed by atoms with Crippen molar-refractivity contribution in [3.05, 3.63) is 29.3 Å². The lowest BCUT2D eigenvalue weighted by Gasteiger charge is -2.13. The van der Waals surface area contributed by atoms with Crippen LogP contribution in [0.15, 0.2) is 24.3 Å². The molecule has 0 radical (unpaired) electrons. The molecule has 1 aromatic carbocycles. The minimum atomic E-state index is -3.23. The van der Waals surface area contributed by atoms with Crippen molar-refractivity contribution in [3.63, 3.8) is 0 Å². The summed E-state index contributed by atoms with van der Waals surface area (Å²) < 4.78 is 24.3. The number of carbonyl (C=O) groups excluding carboxylic acids is 1. The van der Waals surface area contributed by atoms with Gasteiger partial charge in [0.25, 0.3) is 0 Å². The molecular formula is C11H13ClN2O3S. The second kappa shape index (κ2) is 5.26. The number of rotatable bonds is 3. The number of hydrogen-bond acceptors (Lipinski definition) is 3. The van der Waals surface area contributed by atoms with Gasteiger partial charge >= 0.3 is 0 Å². The standard InChI is InChI=1S/C11H13ClN2O3S/c12-9-2-4-10(5-3-9)13-11(15)8-14-6-1-7-18(14,16)17/h2-5H,1,6-8H2,(H,13,15). The van der Waals surface area contributed by atoms with Crippen molar-refractivity contribution in [1.82, 2.24) is 4.31 Å². The monoisotopic (exact) mass is 288 g/mol. The number of benzene rings is 1. The predicted molar refractivity (Wildman–Crippen MR) is 70.1 cm³/mol. The molecule has 1 aromatic rings. The summed E-state index contributed by atoms with van der Waals surface area (Å²) in [7, 11) is -3.23. The summed E-state index contributed by atoms with van der Waals surface area (Å²) in [6.07, 6.45) is 0.580. The molecule has 0 unspecified atom stereocenters. The molecule has 7 heteroatoms. The smallest absolute Gasteiger partial charge is 0.239 e. The second-order valence-electron chi connectivity index (χ2n) is 4.06. The van der Waals surface area contributed by atoms with Gasteiger partial charge in [-0.2, -0.15) is 4.31 Å². The molecule has 0 bridgehead atoms. The van der Waals surface area contributed by atoms with Gasteiger partial charge in [-0.05, 0) is 30.7 Å². The van der Waals surface area contributed by atoms with Crippen LogP contribution in [0.3, 0.4) is 0 Å². The van der Waals surface area contributed by atoms with Crippen LogP contribution in [0.25, 0.3) is 0 Å². The average molecular weight is 289 g/mol. The normalized spacial score (nSPS) is 18.7. The third-order valence-corrected chi connectivity index (χ3v) is 4.81. The zero-order chi connectivity index (χ0) is 13.2. The van der Waals surface area contributed by atoms with Gasteiger partial charge in [-0.25, -0.2) is 8.42 Å². The van der Waals surface area contributed by atoms with Gasteiger partial charge in [-0.15, -0.1) is 0 Å². The molecule has 2 rings (SSSR count). The van der Waals surface area contributed by atoms with Gasteiger partial charge in [0.2, 0.25) is 15.9 Å². The number of amides is 1. The fourth-order valence-corrected chi connectivity index (χ4v) is 3.36. The maximum atomic E-state index is 11.7. The molecule has 0 atom stereocenters. The van der Waals surface area contributed by atoms with Gasteiger partial charge in [0, 0.05) is 17.3 Å². The highest BCUT2D eigenvalue weighted by Gasteiger charge is 2.29. The highest BCUT2D eigenvalue weighted by molar-refractivity contribution is 7.89. The Labute approximate surface area is 111 Å². The topological polar surface area (TPSA) is 66.5 Å². The summed E-state index contributed by atoms with van der Waals surface area (Å²) >= 11 is 5.72. The summed E-state index contributed by atoms with van der Waals surface area (Å²) in [4.78, 5) is 11.7. The molecule has 5 nitrogen and oxygen atoms in total. The number of carbonyl (C=O) groups is 1. The Kier molecular flexibility index (Phi) is 3.89. The van der Waals surface area contributed by atoms with Crippen LogP contribution >= 0.6 is 11.6 Å². The fraction of sp³-hybridized carbons (Fsp3) is 0.364. The number of anilines is 1. The van der Waals surface area contributed by atoms with Crippen molar-refractivity contribution in [3.8, 4) is 0 Å². The summed E-state index contributed by atoms with van der Waals surface area (Å²) in [6.45, 7) is 0.279. The predicted octanol–water partition coefficient (Wildman–Crippen LogP) is 1.31. The van der Waals surface area contributed by atoms with Crippen LogP contribution in [0, 0.1) is 0 Å². The van der Waals surface area contributed by atoms with Crippen LogP contribution in [0.4, 0.5) is 5.69 Å². The van der Waals surface area contributed by atoms with Gasteiger partial charge < -0.3 is 5.32 Å². The third-order valence-electron chi connectivity index (χ3n) is 2.65. The van der Waals surface area contributed by atoms with Crippen molar-refractivity contribution < 1.29 is 13.2 Å². The number of hydrogen-bond donors (Lipinski definition) is 1. The first-order valence-electron chi connectivity index (χ1n) is 5.51. The number of nitrogens with zero attached hydrogens (tertiary/aromatic N) is 1. The lowest BCUT2D eigenvalue weighted by atomic mass is 10.3. The third kappa shape index (κ3) is 3.22. The number of sulfonamides is 1. The largest absolute Gasteiger partial charge is 0.325 e. The first-order valence-corrected chi connectivity index (χ1v) is 7.49. The van der Waals surface area contributed by atoms with Crippen molar-refractivity contribution in [2.45, 2.75) is 6.42 Å². The zero-order valence-corrected chi connectivity index (χ0v) is 11.2. The second-order valence-corrected chi connectivity index (χ2v) is 6.58. The lowest BCUT2D eigenvalue weighted by Crippen LogP contribution is -2.34. The molecule has 0 saturated carbocycles. The number of halogens is 1. The van der Waals surface area contributed by atoms with E-state index in [0.717, 1.165) is 0 Å². The first kappa shape index (κ1) is 13.3. The quantitative estimate of drug-likeness (QED) is 0.912. The van der Waals surface area contributed by atoms with Crippen molar-refractivity contribution >= 4 is 33.2 Å². The summed E-state index contributed by atoms with van der Waals surface area (Å²) in [6, 6.07) is 6.64. The van der Waals surface area contributed by atoms with E-state index in [9.17, 15) is 13.2 Å². The van der Waals surface area contributed by atoms with Gasteiger partial charge in [-0.3, -0.25) is 4.79 Å². The van der Waals surface area contributed by atoms with Crippen LogP contribution in [-0.2, 0) is 14.8 Å². The molecule has 0 spiro atoms. The van der Waals surface area contributed by atoms with E-state index >= 15 is 0 Å². The summed E-state index contributed by atoms with van der Waals surface area (Å²) in [5, 5.41) is 3.21. The van der Waals surface area contributed by atoms with Crippen LogP contribution in [0.1, 0.15) is 6.42 Å². The van der Waals surface area contributed by atoms with Crippen molar-refractivity contribution in [2.75, 3.05) is 24.2 Å². The molecule has 1 heterocycles. The SMILES string of the molecule is O=C(CN1CCCS1(=O)=O)Nc1ccc(Cl)cc1. The van der Waals surface area contributed by atoms with E-state index in [0.29, 0.717) is 23.7 Å². The Morgan fingerprint density at radius 2 is 2.00 bits per heavy atom. The van der Waals surface area contributed by atoms with Crippen LogP contribution in [0.2, 0.25) is 5.02 Å². The highest BCUT2D eigenvalue weighted by Crippen LogP contribution is 2.15. The zero-order valence-electron chi connectivity index (χ0n) is 9.60. The van der Waals surface area contributed by atoms with Gasteiger partial charge in [0.15, 0.2) is 0 Å². The molecule has 1 N–H and O–H groups in total. The maximum Gasteiger partial charge on any atom is 0.239 e. The van der Waals surface area contributed by atoms with Gasteiger partial charge in [0.1, 0.15) is 0 Å². The molecule has 0 aromatic heterocycles. The Bertz CT molecular complexity index is 542. The minimum absolute atomic E-state index is 0.126. The van der Waals surface area contributed by atoms with Gasteiger partial charge in [0.05, 0.1) is 12.3 Å². The van der Waals surface area contributed by atoms with Crippen molar-refractivity contribution in [1.29, 1.82) is 0 Å². The Morgan fingerprint density at radius 1 is 1.33 bits per heavy atom. The molecule has 1 aliphatic rings. The van der Waals surface area contributed by atoms with E-state index in [4.69, 9.17) is 11.6 Å². The van der Waals surface area contributed by atoms with Gasteiger partial charge in [-0.1, -0.05) is 11.6 Å². The van der Waals surface area contributed by atoms with E-state index in [1.165, 1.54) is 4.31 Å². The summed E-state index contributed by atoms with van der Waals surface area (Å²) in [5.41, 5.74) is 0.598. The molecule has 1 amide bonds. The average Bonchev–Trinajstić information content (AvgIpc) is 2.62. The Hall–Kier alpha value is -1.11.